The highest BCUT2D eigenvalue weighted by atomic mass is 35.5. The second-order valence-corrected chi connectivity index (χ2v) is 4.59. The van der Waals surface area contributed by atoms with Gasteiger partial charge in [0.05, 0.1) is 7.11 Å². The topological polar surface area (TPSA) is 55.8 Å². The summed E-state index contributed by atoms with van der Waals surface area (Å²) in [6.45, 7) is 3.84. The zero-order chi connectivity index (χ0) is 15.1. The summed E-state index contributed by atoms with van der Waals surface area (Å²) in [5, 5.41) is 0.643. The molecule has 1 amide bonds. The second-order valence-electron chi connectivity index (χ2n) is 4.18. The molecule has 0 heterocycles. The molecule has 0 bridgehead atoms. The number of hydrogen-bond acceptors (Lipinski definition) is 4. The maximum Gasteiger partial charge on any atom is 0.325 e. The molecule has 0 aliphatic rings. The van der Waals surface area contributed by atoms with Crippen LogP contribution in [0.5, 0.6) is 5.75 Å². The molecule has 110 valence electrons. The van der Waals surface area contributed by atoms with Crippen molar-refractivity contribution in [2.45, 2.75) is 13.8 Å². The van der Waals surface area contributed by atoms with Gasteiger partial charge in [0.1, 0.15) is 12.3 Å². The quantitative estimate of drug-likeness (QED) is 0.754. The normalized spacial score (nSPS) is 10.0. The SMILES string of the molecule is CCN(CC(=O)OC)C(=O)COc1ccc(Cl)c(C)c1. The van der Waals surface area contributed by atoms with Crippen LogP contribution in [0.1, 0.15) is 12.5 Å². The fourth-order valence-corrected chi connectivity index (χ4v) is 1.66. The van der Waals surface area contributed by atoms with E-state index in [2.05, 4.69) is 4.74 Å². The predicted molar refractivity (Wildman–Crippen MR) is 76.0 cm³/mol. The van der Waals surface area contributed by atoms with Gasteiger partial charge in [0.25, 0.3) is 5.91 Å². The van der Waals surface area contributed by atoms with Crippen molar-refractivity contribution in [3.05, 3.63) is 28.8 Å². The smallest absolute Gasteiger partial charge is 0.325 e. The van der Waals surface area contributed by atoms with Crippen LogP contribution in [0.4, 0.5) is 0 Å². The first kappa shape index (κ1) is 16.3. The van der Waals surface area contributed by atoms with Crippen LogP contribution >= 0.6 is 11.6 Å². The van der Waals surface area contributed by atoms with Crippen LogP contribution in [0.15, 0.2) is 18.2 Å². The fraction of sp³-hybridized carbons (Fsp3) is 0.429. The van der Waals surface area contributed by atoms with Crippen molar-refractivity contribution in [3.8, 4) is 5.75 Å². The van der Waals surface area contributed by atoms with Gasteiger partial charge in [0, 0.05) is 11.6 Å². The van der Waals surface area contributed by atoms with Crippen molar-refractivity contribution >= 4 is 23.5 Å². The molecule has 0 spiro atoms. The number of nitrogens with zero attached hydrogens (tertiary/aromatic N) is 1. The van der Waals surface area contributed by atoms with E-state index in [9.17, 15) is 9.59 Å². The van der Waals surface area contributed by atoms with Crippen LogP contribution in [0.2, 0.25) is 5.02 Å². The van der Waals surface area contributed by atoms with E-state index in [0.717, 1.165) is 5.56 Å². The number of likely N-dealkylation sites (N-methyl/N-ethyl adjacent to an activating group) is 1. The van der Waals surface area contributed by atoms with E-state index < -0.39 is 5.97 Å². The molecule has 5 nitrogen and oxygen atoms in total. The van der Waals surface area contributed by atoms with E-state index in [1.54, 1.807) is 25.1 Å². The first-order chi connectivity index (χ1) is 9.47. The molecule has 1 aromatic carbocycles. The summed E-state index contributed by atoms with van der Waals surface area (Å²) in [5.41, 5.74) is 0.874. The Morgan fingerprint density at radius 2 is 2.05 bits per heavy atom. The van der Waals surface area contributed by atoms with Gasteiger partial charge < -0.3 is 14.4 Å². The molecule has 6 heteroatoms. The molecule has 0 aliphatic carbocycles. The zero-order valence-electron chi connectivity index (χ0n) is 11.8. The van der Waals surface area contributed by atoms with E-state index in [1.165, 1.54) is 12.0 Å². The van der Waals surface area contributed by atoms with Gasteiger partial charge in [-0.15, -0.1) is 0 Å². The number of halogens is 1. The molecule has 0 atom stereocenters. The van der Waals surface area contributed by atoms with Crippen molar-refractivity contribution < 1.29 is 19.1 Å². The fourth-order valence-electron chi connectivity index (χ4n) is 1.54. The number of aryl methyl sites for hydroxylation is 1. The Balaban J connectivity index is 2.56. The monoisotopic (exact) mass is 299 g/mol. The number of hydrogen-bond donors (Lipinski definition) is 0. The largest absolute Gasteiger partial charge is 0.484 e. The number of benzene rings is 1. The van der Waals surface area contributed by atoms with E-state index in [4.69, 9.17) is 16.3 Å². The minimum absolute atomic E-state index is 0.0746. The summed E-state index contributed by atoms with van der Waals surface area (Å²) >= 11 is 5.91. The van der Waals surface area contributed by atoms with E-state index in [1.807, 2.05) is 6.92 Å². The molecule has 0 radical (unpaired) electrons. The Hall–Kier alpha value is -1.75. The molecule has 0 saturated heterocycles. The number of esters is 1. The molecule has 0 fully saturated rings. The lowest BCUT2D eigenvalue weighted by atomic mass is 10.2. The molecular formula is C14H18ClNO4. The maximum absolute atomic E-state index is 11.9. The lowest BCUT2D eigenvalue weighted by molar-refractivity contribution is -0.147. The summed E-state index contributed by atoms with van der Waals surface area (Å²) in [6, 6.07) is 5.16. The van der Waals surface area contributed by atoms with Gasteiger partial charge >= 0.3 is 5.97 Å². The standard InChI is InChI=1S/C14H18ClNO4/c1-4-16(8-14(18)19-3)13(17)9-20-11-5-6-12(15)10(2)7-11/h5-7H,4,8-9H2,1-3H3. The van der Waals surface area contributed by atoms with Crippen LogP contribution in [0, 0.1) is 6.92 Å². The Bertz CT molecular complexity index is 490. The van der Waals surface area contributed by atoms with Crippen LogP contribution in [0.25, 0.3) is 0 Å². The Labute approximate surface area is 123 Å². The summed E-state index contributed by atoms with van der Waals surface area (Å²) < 4.78 is 9.94. The average Bonchev–Trinajstić information content (AvgIpc) is 2.45. The minimum Gasteiger partial charge on any atom is -0.484 e. The lowest BCUT2D eigenvalue weighted by Gasteiger charge is -2.19. The highest BCUT2D eigenvalue weighted by Gasteiger charge is 2.16. The van der Waals surface area contributed by atoms with Gasteiger partial charge in [0.2, 0.25) is 0 Å². The minimum atomic E-state index is -0.456. The van der Waals surface area contributed by atoms with Gasteiger partial charge in [-0.05, 0) is 37.6 Å². The van der Waals surface area contributed by atoms with Crippen molar-refractivity contribution in [1.82, 2.24) is 4.90 Å². The highest BCUT2D eigenvalue weighted by molar-refractivity contribution is 6.31. The molecular weight excluding hydrogens is 282 g/mol. The third-order valence-electron chi connectivity index (χ3n) is 2.77. The number of ether oxygens (including phenoxy) is 2. The van der Waals surface area contributed by atoms with E-state index in [-0.39, 0.29) is 19.1 Å². The van der Waals surface area contributed by atoms with Gasteiger partial charge in [-0.1, -0.05) is 11.6 Å². The van der Waals surface area contributed by atoms with Crippen molar-refractivity contribution in [3.63, 3.8) is 0 Å². The number of rotatable bonds is 6. The average molecular weight is 300 g/mol. The Morgan fingerprint density at radius 1 is 1.35 bits per heavy atom. The highest BCUT2D eigenvalue weighted by Crippen LogP contribution is 2.20. The van der Waals surface area contributed by atoms with Crippen molar-refractivity contribution in [2.24, 2.45) is 0 Å². The van der Waals surface area contributed by atoms with Crippen LogP contribution < -0.4 is 4.74 Å². The number of carbonyl (C=O) groups excluding carboxylic acids is 2. The molecule has 0 unspecified atom stereocenters. The van der Waals surface area contributed by atoms with Gasteiger partial charge in [-0.3, -0.25) is 9.59 Å². The number of methoxy groups -OCH3 is 1. The Morgan fingerprint density at radius 3 is 2.60 bits per heavy atom. The van der Waals surface area contributed by atoms with E-state index >= 15 is 0 Å². The first-order valence-electron chi connectivity index (χ1n) is 6.21. The third kappa shape index (κ3) is 4.74. The molecule has 0 saturated carbocycles. The van der Waals surface area contributed by atoms with Crippen LogP contribution in [0.3, 0.4) is 0 Å². The Kier molecular flexibility index (Phi) is 6.31. The van der Waals surface area contributed by atoms with Gasteiger partial charge in [0.15, 0.2) is 6.61 Å². The molecule has 20 heavy (non-hydrogen) atoms. The third-order valence-corrected chi connectivity index (χ3v) is 3.20. The first-order valence-corrected chi connectivity index (χ1v) is 6.59. The summed E-state index contributed by atoms with van der Waals surface area (Å²) in [6.07, 6.45) is 0. The molecule has 1 rings (SSSR count). The molecule has 0 aliphatic heterocycles. The van der Waals surface area contributed by atoms with Crippen molar-refractivity contribution in [1.29, 1.82) is 0 Å². The lowest BCUT2D eigenvalue weighted by Crippen LogP contribution is -2.38. The second kappa shape index (κ2) is 7.75. The van der Waals surface area contributed by atoms with E-state index in [0.29, 0.717) is 17.3 Å². The maximum atomic E-state index is 11.9. The van der Waals surface area contributed by atoms with Crippen molar-refractivity contribution in [2.75, 3.05) is 26.8 Å². The number of amides is 1. The summed E-state index contributed by atoms with van der Waals surface area (Å²) in [4.78, 5) is 24.5. The predicted octanol–water partition coefficient (Wildman–Crippen LogP) is 2.05. The van der Waals surface area contributed by atoms with Crippen LogP contribution in [-0.2, 0) is 14.3 Å². The van der Waals surface area contributed by atoms with Gasteiger partial charge in [-0.2, -0.15) is 0 Å². The zero-order valence-corrected chi connectivity index (χ0v) is 12.6. The summed E-state index contributed by atoms with van der Waals surface area (Å²) in [7, 11) is 1.29. The summed E-state index contributed by atoms with van der Waals surface area (Å²) in [5.74, 6) is -0.164. The van der Waals surface area contributed by atoms with Gasteiger partial charge in [-0.25, -0.2) is 0 Å². The molecule has 1 aromatic rings. The number of carbonyl (C=O) groups is 2. The molecule has 0 aromatic heterocycles. The van der Waals surface area contributed by atoms with Crippen LogP contribution in [-0.4, -0.2) is 43.6 Å². The molecule has 0 N–H and O–H groups in total.